The van der Waals surface area contributed by atoms with Gasteiger partial charge in [-0.2, -0.15) is 0 Å². The molecule has 1 aliphatic heterocycles. The van der Waals surface area contributed by atoms with Crippen molar-refractivity contribution in [2.75, 3.05) is 39.1 Å². The van der Waals surface area contributed by atoms with Crippen LogP contribution in [0.2, 0.25) is 0 Å². The highest BCUT2D eigenvalue weighted by atomic mass is 16.5. The van der Waals surface area contributed by atoms with E-state index in [0.717, 1.165) is 44.2 Å². The predicted octanol–water partition coefficient (Wildman–Crippen LogP) is 3.37. The molecule has 0 aromatic heterocycles. The minimum absolute atomic E-state index is 0.276. The van der Waals surface area contributed by atoms with Crippen molar-refractivity contribution in [1.29, 1.82) is 0 Å². The Hall–Kier alpha value is -2.69. The topological polar surface area (TPSA) is 40.1 Å². The van der Waals surface area contributed by atoms with E-state index in [2.05, 4.69) is 58.5 Å². The molecule has 3 rings (SSSR count). The molecule has 2 aromatic rings. The second kappa shape index (κ2) is 9.31. The summed E-state index contributed by atoms with van der Waals surface area (Å²) in [5.41, 5.74) is 2.47. The summed E-state index contributed by atoms with van der Waals surface area (Å²) in [5, 5.41) is 3.50. The quantitative estimate of drug-likeness (QED) is 0.651. The molecule has 1 saturated heterocycles. The summed E-state index contributed by atoms with van der Waals surface area (Å²) in [6.07, 6.45) is 2.29. The first kappa shape index (κ1) is 19.1. The Morgan fingerprint density at radius 3 is 2.52 bits per heavy atom. The number of rotatable bonds is 5. The van der Waals surface area contributed by atoms with Gasteiger partial charge in [-0.3, -0.25) is 4.99 Å². The summed E-state index contributed by atoms with van der Waals surface area (Å²) >= 11 is 0. The van der Waals surface area contributed by atoms with E-state index >= 15 is 0 Å². The third kappa shape index (κ3) is 5.39. The van der Waals surface area contributed by atoms with E-state index in [4.69, 9.17) is 4.74 Å². The first-order valence-corrected chi connectivity index (χ1v) is 9.59. The molecule has 0 bridgehead atoms. The smallest absolute Gasteiger partial charge is 0.193 e. The lowest BCUT2D eigenvalue weighted by Gasteiger charge is -2.34. The van der Waals surface area contributed by atoms with Crippen LogP contribution in [0.1, 0.15) is 18.4 Å². The maximum absolute atomic E-state index is 6.09. The lowest BCUT2D eigenvalue weighted by Crippen LogP contribution is -2.47. The van der Waals surface area contributed by atoms with Crippen molar-refractivity contribution in [3.05, 3.63) is 60.2 Å². The summed E-state index contributed by atoms with van der Waals surface area (Å²) in [6.45, 7) is 2.68. The van der Waals surface area contributed by atoms with Crippen LogP contribution in [-0.2, 0) is 6.54 Å². The van der Waals surface area contributed by atoms with E-state index in [1.54, 1.807) is 0 Å². The fourth-order valence-electron chi connectivity index (χ4n) is 3.33. The van der Waals surface area contributed by atoms with Crippen molar-refractivity contribution in [1.82, 2.24) is 10.2 Å². The molecule has 0 radical (unpaired) electrons. The fraction of sp³-hybridized carbons (Fsp3) is 0.409. The van der Waals surface area contributed by atoms with Gasteiger partial charge in [-0.05, 0) is 29.8 Å². The molecule has 5 heteroatoms. The normalized spacial score (nSPS) is 15.5. The van der Waals surface area contributed by atoms with Gasteiger partial charge in [0.05, 0.1) is 0 Å². The fourth-order valence-corrected chi connectivity index (χ4v) is 3.33. The minimum Gasteiger partial charge on any atom is -0.490 e. The highest BCUT2D eigenvalue weighted by Gasteiger charge is 2.22. The van der Waals surface area contributed by atoms with Crippen LogP contribution in [0.25, 0.3) is 0 Å². The van der Waals surface area contributed by atoms with Crippen LogP contribution in [0.15, 0.2) is 59.6 Å². The number of hydrogen-bond donors (Lipinski definition) is 1. The van der Waals surface area contributed by atoms with Crippen LogP contribution in [-0.4, -0.2) is 51.2 Å². The molecule has 0 atom stereocenters. The van der Waals surface area contributed by atoms with Crippen molar-refractivity contribution in [2.24, 2.45) is 4.99 Å². The summed E-state index contributed by atoms with van der Waals surface area (Å²) in [6, 6.07) is 18.7. The van der Waals surface area contributed by atoms with Gasteiger partial charge < -0.3 is 19.9 Å². The Kier molecular flexibility index (Phi) is 6.58. The molecule has 0 unspecified atom stereocenters. The first-order valence-electron chi connectivity index (χ1n) is 9.59. The molecule has 1 heterocycles. The van der Waals surface area contributed by atoms with Crippen LogP contribution in [0, 0.1) is 0 Å². The highest BCUT2D eigenvalue weighted by molar-refractivity contribution is 5.80. The van der Waals surface area contributed by atoms with Gasteiger partial charge in [0.2, 0.25) is 0 Å². The third-order valence-corrected chi connectivity index (χ3v) is 4.88. The van der Waals surface area contributed by atoms with Gasteiger partial charge in [-0.1, -0.05) is 30.3 Å². The zero-order valence-electron chi connectivity index (χ0n) is 16.6. The molecule has 0 saturated carbocycles. The van der Waals surface area contributed by atoms with Gasteiger partial charge >= 0.3 is 0 Å². The molecule has 0 spiro atoms. The number of guanidine groups is 1. The van der Waals surface area contributed by atoms with Gasteiger partial charge in [0, 0.05) is 59.3 Å². The van der Waals surface area contributed by atoms with Crippen molar-refractivity contribution < 1.29 is 4.74 Å². The largest absolute Gasteiger partial charge is 0.490 e. The molecule has 1 fully saturated rings. The molecule has 1 N–H and O–H groups in total. The molecule has 2 aromatic carbocycles. The van der Waals surface area contributed by atoms with E-state index in [1.807, 2.05) is 37.4 Å². The maximum atomic E-state index is 6.09. The van der Waals surface area contributed by atoms with Crippen molar-refractivity contribution in [3.63, 3.8) is 0 Å². The van der Waals surface area contributed by atoms with Crippen molar-refractivity contribution >= 4 is 11.6 Å². The van der Waals surface area contributed by atoms with Gasteiger partial charge in [0.1, 0.15) is 11.9 Å². The van der Waals surface area contributed by atoms with Crippen molar-refractivity contribution in [2.45, 2.75) is 25.5 Å². The van der Waals surface area contributed by atoms with Crippen LogP contribution in [0.4, 0.5) is 5.69 Å². The van der Waals surface area contributed by atoms with Gasteiger partial charge in [-0.15, -0.1) is 0 Å². The number of nitrogens with one attached hydrogen (secondary N) is 1. The number of ether oxygens (including phenoxy) is 1. The molecule has 0 aliphatic carbocycles. The van der Waals surface area contributed by atoms with Gasteiger partial charge in [0.15, 0.2) is 5.96 Å². The number of para-hydroxylation sites is 1. The average Bonchev–Trinajstić information content (AvgIpc) is 2.70. The maximum Gasteiger partial charge on any atom is 0.193 e. The summed E-state index contributed by atoms with van der Waals surface area (Å²) < 4.78 is 6.09. The number of likely N-dealkylation sites (tertiary alicyclic amines) is 1. The lowest BCUT2D eigenvalue weighted by molar-refractivity contribution is 0.129. The van der Waals surface area contributed by atoms with E-state index in [1.165, 1.54) is 11.3 Å². The average molecular weight is 367 g/mol. The molecule has 0 amide bonds. The van der Waals surface area contributed by atoms with Crippen LogP contribution >= 0.6 is 0 Å². The van der Waals surface area contributed by atoms with E-state index in [9.17, 15) is 0 Å². The van der Waals surface area contributed by atoms with Gasteiger partial charge in [-0.25, -0.2) is 0 Å². The van der Waals surface area contributed by atoms with E-state index < -0.39 is 0 Å². The highest BCUT2D eigenvalue weighted by Crippen LogP contribution is 2.19. The lowest BCUT2D eigenvalue weighted by atomic mass is 10.1. The third-order valence-electron chi connectivity index (χ3n) is 4.88. The van der Waals surface area contributed by atoms with Gasteiger partial charge in [0.25, 0.3) is 0 Å². The molecule has 5 nitrogen and oxygen atoms in total. The Bertz CT molecular complexity index is 737. The molecule has 144 valence electrons. The Labute approximate surface area is 162 Å². The molecule has 27 heavy (non-hydrogen) atoms. The summed E-state index contributed by atoms with van der Waals surface area (Å²) in [4.78, 5) is 8.91. The zero-order valence-corrected chi connectivity index (χ0v) is 16.6. The monoisotopic (exact) mass is 366 g/mol. The number of piperidine rings is 1. The predicted molar refractivity (Wildman–Crippen MR) is 113 cm³/mol. The van der Waals surface area contributed by atoms with Crippen LogP contribution in [0.3, 0.4) is 0 Å². The first-order chi connectivity index (χ1) is 13.2. The Morgan fingerprint density at radius 2 is 1.85 bits per heavy atom. The van der Waals surface area contributed by atoms with Crippen LogP contribution < -0.4 is 15.0 Å². The van der Waals surface area contributed by atoms with Crippen molar-refractivity contribution in [3.8, 4) is 5.75 Å². The molecular formula is C22H30N4O. The Balaban J connectivity index is 1.50. The van der Waals surface area contributed by atoms with Crippen LogP contribution in [0.5, 0.6) is 5.75 Å². The number of hydrogen-bond acceptors (Lipinski definition) is 3. The summed E-state index contributed by atoms with van der Waals surface area (Å²) in [5.74, 6) is 1.92. The molecule has 1 aliphatic rings. The number of benzene rings is 2. The summed E-state index contributed by atoms with van der Waals surface area (Å²) in [7, 11) is 5.98. The second-order valence-corrected chi connectivity index (χ2v) is 7.08. The van der Waals surface area contributed by atoms with E-state index in [0.29, 0.717) is 0 Å². The number of nitrogens with zero attached hydrogens (tertiary/aromatic N) is 3. The minimum atomic E-state index is 0.276. The Morgan fingerprint density at radius 1 is 1.11 bits per heavy atom. The number of anilines is 1. The standard InChI is InChI=1S/C22H30N4O/c1-23-22(24-17-18-8-7-9-19(16-18)25(2)3)26-14-12-21(13-15-26)27-20-10-5-4-6-11-20/h4-11,16,21H,12-15,17H2,1-3H3,(H,23,24). The number of aliphatic imine (C=N–C) groups is 1. The SMILES string of the molecule is CN=C(NCc1cccc(N(C)C)c1)N1CCC(Oc2ccccc2)CC1. The van der Waals surface area contributed by atoms with E-state index in [-0.39, 0.29) is 6.10 Å². The zero-order chi connectivity index (χ0) is 19.1. The second-order valence-electron chi connectivity index (χ2n) is 7.08. The molecular weight excluding hydrogens is 336 g/mol.